The highest BCUT2D eigenvalue weighted by molar-refractivity contribution is 6.58. The van der Waals surface area contributed by atoms with Gasteiger partial charge in [0.05, 0.1) is 0 Å². The van der Waals surface area contributed by atoms with Crippen LogP contribution in [0.15, 0.2) is 41.3 Å². The van der Waals surface area contributed by atoms with Crippen molar-refractivity contribution in [3.8, 4) is 11.5 Å². The number of unbranched alkanes of at least 4 members (excludes halogenated alkanes) is 1. The third-order valence-electron chi connectivity index (χ3n) is 2.72. The fraction of sp³-hybridized carbons (Fsp3) is 0.231. The summed E-state index contributed by atoms with van der Waals surface area (Å²) in [5.74, 6) is 1.04. The van der Waals surface area contributed by atoms with Crippen molar-refractivity contribution in [3.05, 3.63) is 42.8 Å². The normalized spacial score (nSPS) is 10.4. The van der Waals surface area contributed by atoms with Gasteiger partial charge in [0.2, 0.25) is 11.8 Å². The number of aromatic nitrogens is 2. The van der Waals surface area contributed by atoms with Gasteiger partial charge in [-0.05, 0) is 30.4 Å². The van der Waals surface area contributed by atoms with Crippen LogP contribution in [0, 0.1) is 0 Å². The summed E-state index contributed by atoms with van der Waals surface area (Å²) in [6.07, 6.45) is 4.43. The minimum absolute atomic E-state index is 0.425. The summed E-state index contributed by atoms with van der Waals surface area (Å²) in [6.45, 7) is 3.66. The summed E-state index contributed by atoms with van der Waals surface area (Å²) >= 11 is 0. The van der Waals surface area contributed by atoms with Gasteiger partial charge in [0.1, 0.15) is 0 Å². The number of allylic oxidation sites excluding steroid dienone is 1. The Labute approximate surface area is 111 Å². The van der Waals surface area contributed by atoms with Crippen molar-refractivity contribution in [3.63, 3.8) is 0 Å². The molecule has 0 radical (unpaired) electrons. The van der Waals surface area contributed by atoms with E-state index in [1.165, 1.54) is 0 Å². The Kier molecular flexibility index (Phi) is 4.49. The lowest BCUT2D eigenvalue weighted by molar-refractivity contribution is 0.426. The molecule has 2 rings (SSSR count). The Morgan fingerprint density at radius 2 is 1.95 bits per heavy atom. The topological polar surface area (TPSA) is 79.4 Å². The van der Waals surface area contributed by atoms with Gasteiger partial charge in [0.25, 0.3) is 0 Å². The van der Waals surface area contributed by atoms with E-state index in [1.807, 2.05) is 6.08 Å². The smallest absolute Gasteiger partial charge is 0.423 e. The molecule has 0 bridgehead atoms. The zero-order valence-corrected chi connectivity index (χ0v) is 10.5. The van der Waals surface area contributed by atoms with Crippen LogP contribution in [-0.2, 0) is 6.42 Å². The molecule has 2 aromatic rings. The van der Waals surface area contributed by atoms with Crippen molar-refractivity contribution < 1.29 is 14.5 Å². The molecule has 98 valence electrons. The highest BCUT2D eigenvalue weighted by Crippen LogP contribution is 2.17. The number of hydrogen-bond acceptors (Lipinski definition) is 5. The van der Waals surface area contributed by atoms with Crippen LogP contribution in [0.1, 0.15) is 18.7 Å². The summed E-state index contributed by atoms with van der Waals surface area (Å²) in [5, 5.41) is 26.0. The van der Waals surface area contributed by atoms with Gasteiger partial charge in [0.15, 0.2) is 0 Å². The van der Waals surface area contributed by atoms with Crippen molar-refractivity contribution in [2.24, 2.45) is 0 Å². The molecular formula is C13H15BN2O3. The summed E-state index contributed by atoms with van der Waals surface area (Å²) in [5.41, 5.74) is 1.18. The summed E-state index contributed by atoms with van der Waals surface area (Å²) in [4.78, 5) is 0. The number of benzene rings is 1. The molecule has 5 nitrogen and oxygen atoms in total. The van der Waals surface area contributed by atoms with Crippen LogP contribution in [0.2, 0.25) is 0 Å². The van der Waals surface area contributed by atoms with Crippen molar-refractivity contribution in [1.29, 1.82) is 0 Å². The van der Waals surface area contributed by atoms with Gasteiger partial charge >= 0.3 is 7.12 Å². The van der Waals surface area contributed by atoms with Crippen LogP contribution < -0.4 is 5.46 Å². The molecule has 19 heavy (non-hydrogen) atoms. The lowest BCUT2D eigenvalue weighted by Gasteiger charge is -1.99. The quantitative estimate of drug-likeness (QED) is 0.457. The first kappa shape index (κ1) is 13.5. The maximum absolute atomic E-state index is 9.01. The highest BCUT2D eigenvalue weighted by Gasteiger charge is 2.12. The van der Waals surface area contributed by atoms with Crippen molar-refractivity contribution >= 4 is 12.6 Å². The molecule has 1 aromatic carbocycles. The summed E-state index contributed by atoms with van der Waals surface area (Å²) < 4.78 is 5.54. The fourth-order valence-corrected chi connectivity index (χ4v) is 1.67. The van der Waals surface area contributed by atoms with Crippen molar-refractivity contribution in [2.45, 2.75) is 19.3 Å². The molecule has 0 saturated carbocycles. The molecule has 0 amide bonds. The molecule has 0 fully saturated rings. The monoisotopic (exact) mass is 258 g/mol. The predicted molar refractivity (Wildman–Crippen MR) is 72.7 cm³/mol. The minimum atomic E-state index is -1.47. The van der Waals surface area contributed by atoms with E-state index in [0.717, 1.165) is 24.8 Å². The lowest BCUT2D eigenvalue weighted by atomic mass is 9.80. The largest absolute Gasteiger partial charge is 0.488 e. The van der Waals surface area contributed by atoms with Crippen LogP contribution in [-0.4, -0.2) is 27.4 Å². The van der Waals surface area contributed by atoms with Crippen LogP contribution in [0.5, 0.6) is 0 Å². The third-order valence-corrected chi connectivity index (χ3v) is 2.72. The maximum Gasteiger partial charge on any atom is 0.488 e. The Hall–Kier alpha value is -1.92. The third kappa shape index (κ3) is 3.53. The Morgan fingerprint density at radius 1 is 1.21 bits per heavy atom. The molecule has 1 heterocycles. The van der Waals surface area contributed by atoms with Crippen molar-refractivity contribution in [2.75, 3.05) is 0 Å². The molecule has 0 aliphatic rings. The van der Waals surface area contributed by atoms with Gasteiger partial charge < -0.3 is 14.5 Å². The van der Waals surface area contributed by atoms with E-state index < -0.39 is 7.12 Å². The van der Waals surface area contributed by atoms with E-state index in [0.29, 0.717) is 17.2 Å². The molecule has 0 atom stereocenters. The fourth-order valence-electron chi connectivity index (χ4n) is 1.67. The van der Waals surface area contributed by atoms with Crippen LogP contribution in [0.25, 0.3) is 11.5 Å². The van der Waals surface area contributed by atoms with E-state index in [-0.39, 0.29) is 0 Å². The van der Waals surface area contributed by atoms with Crippen LogP contribution >= 0.6 is 0 Å². The molecule has 0 aliphatic heterocycles. The summed E-state index contributed by atoms with van der Waals surface area (Å²) in [6, 6.07) is 6.66. The number of aryl methyl sites for hydroxylation is 1. The summed E-state index contributed by atoms with van der Waals surface area (Å²) in [7, 11) is -1.47. The van der Waals surface area contributed by atoms with Gasteiger partial charge in [-0.25, -0.2) is 0 Å². The molecular weight excluding hydrogens is 243 g/mol. The van der Waals surface area contributed by atoms with E-state index in [2.05, 4.69) is 16.8 Å². The molecule has 2 N–H and O–H groups in total. The second-order valence-corrected chi connectivity index (χ2v) is 4.18. The van der Waals surface area contributed by atoms with Crippen LogP contribution in [0.3, 0.4) is 0 Å². The second-order valence-electron chi connectivity index (χ2n) is 4.18. The standard InChI is InChI=1S/C13H15BN2O3/c1-2-3-4-5-12-15-16-13(19-12)10-6-8-11(9-7-10)14(17)18/h2,6-9,17-18H,1,3-5H2. The SMILES string of the molecule is C=CCCCc1nnc(-c2ccc(B(O)O)cc2)o1. The lowest BCUT2D eigenvalue weighted by Crippen LogP contribution is -2.29. The minimum Gasteiger partial charge on any atom is -0.423 e. The number of nitrogens with zero attached hydrogens (tertiary/aromatic N) is 2. The number of hydrogen-bond donors (Lipinski definition) is 2. The predicted octanol–water partition coefficient (Wildman–Crippen LogP) is 0.925. The average Bonchev–Trinajstić information content (AvgIpc) is 2.88. The van der Waals surface area contributed by atoms with E-state index in [4.69, 9.17) is 14.5 Å². The zero-order valence-electron chi connectivity index (χ0n) is 10.5. The van der Waals surface area contributed by atoms with Crippen molar-refractivity contribution in [1.82, 2.24) is 10.2 Å². The number of rotatable bonds is 6. The molecule has 0 aliphatic carbocycles. The molecule has 0 unspecified atom stereocenters. The van der Waals surface area contributed by atoms with Crippen LogP contribution in [0.4, 0.5) is 0 Å². The molecule has 6 heteroatoms. The zero-order chi connectivity index (χ0) is 13.7. The maximum atomic E-state index is 9.01. The first-order chi connectivity index (χ1) is 9.20. The van der Waals surface area contributed by atoms with E-state index in [1.54, 1.807) is 24.3 Å². The molecule has 0 spiro atoms. The van der Waals surface area contributed by atoms with E-state index >= 15 is 0 Å². The van der Waals surface area contributed by atoms with Gasteiger partial charge in [-0.2, -0.15) is 0 Å². The van der Waals surface area contributed by atoms with E-state index in [9.17, 15) is 0 Å². The van der Waals surface area contributed by atoms with Gasteiger partial charge in [-0.15, -0.1) is 16.8 Å². The van der Waals surface area contributed by atoms with Gasteiger partial charge in [0, 0.05) is 12.0 Å². The van der Waals surface area contributed by atoms with Gasteiger partial charge in [-0.1, -0.05) is 18.2 Å². The second kappa shape index (κ2) is 6.31. The first-order valence-corrected chi connectivity index (χ1v) is 6.10. The average molecular weight is 258 g/mol. The Morgan fingerprint density at radius 3 is 2.58 bits per heavy atom. The highest BCUT2D eigenvalue weighted by atomic mass is 16.4. The Balaban J connectivity index is 2.07. The Bertz CT molecular complexity index is 537. The molecule has 1 aromatic heterocycles. The first-order valence-electron chi connectivity index (χ1n) is 6.10. The van der Waals surface area contributed by atoms with Gasteiger partial charge in [-0.3, -0.25) is 0 Å². The molecule has 0 saturated heterocycles.